The average molecular weight is 249 g/mol. The minimum atomic E-state index is -0.146. The molecule has 1 atom stereocenters. The standard InChI is InChI=1S/C16H24FN/c1-13(15-9-4-10-16(17)12-15)18-11-5-8-14-6-2-3-7-14/h4,9-10,12-14,18H,2-3,5-8,11H2,1H3. The van der Waals surface area contributed by atoms with Gasteiger partial charge in [0.25, 0.3) is 0 Å². The molecule has 18 heavy (non-hydrogen) atoms. The maximum atomic E-state index is 13.1. The molecular formula is C16H24FN. The van der Waals surface area contributed by atoms with Gasteiger partial charge in [0.15, 0.2) is 0 Å². The van der Waals surface area contributed by atoms with E-state index in [0.29, 0.717) is 0 Å². The topological polar surface area (TPSA) is 12.0 Å². The monoisotopic (exact) mass is 249 g/mol. The third-order valence-corrected chi connectivity index (χ3v) is 4.06. The Balaban J connectivity index is 1.66. The van der Waals surface area contributed by atoms with Crippen LogP contribution in [0.15, 0.2) is 24.3 Å². The molecule has 0 aromatic heterocycles. The predicted molar refractivity (Wildman–Crippen MR) is 74.0 cm³/mol. The number of hydrogen-bond donors (Lipinski definition) is 1. The molecule has 0 heterocycles. The van der Waals surface area contributed by atoms with Gasteiger partial charge in [-0.1, -0.05) is 37.8 Å². The Labute approximate surface area is 110 Å². The molecule has 100 valence electrons. The van der Waals surface area contributed by atoms with Crippen molar-refractivity contribution < 1.29 is 4.39 Å². The average Bonchev–Trinajstić information content (AvgIpc) is 2.87. The van der Waals surface area contributed by atoms with Crippen LogP contribution >= 0.6 is 0 Å². The Morgan fingerprint density at radius 1 is 1.33 bits per heavy atom. The number of halogens is 1. The largest absolute Gasteiger partial charge is 0.310 e. The van der Waals surface area contributed by atoms with Gasteiger partial charge in [0.1, 0.15) is 5.82 Å². The van der Waals surface area contributed by atoms with Crippen molar-refractivity contribution in [2.45, 2.75) is 51.5 Å². The van der Waals surface area contributed by atoms with E-state index in [4.69, 9.17) is 0 Å². The summed E-state index contributed by atoms with van der Waals surface area (Å²) in [5.41, 5.74) is 1.04. The molecule has 2 rings (SSSR count). The zero-order valence-corrected chi connectivity index (χ0v) is 11.3. The number of benzene rings is 1. The second kappa shape index (κ2) is 6.89. The maximum absolute atomic E-state index is 13.1. The number of nitrogens with one attached hydrogen (secondary N) is 1. The van der Waals surface area contributed by atoms with E-state index in [2.05, 4.69) is 12.2 Å². The van der Waals surface area contributed by atoms with Gasteiger partial charge in [0.2, 0.25) is 0 Å². The zero-order chi connectivity index (χ0) is 12.8. The first kappa shape index (κ1) is 13.5. The molecule has 0 saturated heterocycles. The zero-order valence-electron chi connectivity index (χ0n) is 11.3. The fourth-order valence-electron chi connectivity index (χ4n) is 2.90. The molecule has 0 aliphatic heterocycles. The van der Waals surface area contributed by atoms with Crippen LogP contribution < -0.4 is 5.32 Å². The Morgan fingerprint density at radius 2 is 2.11 bits per heavy atom. The van der Waals surface area contributed by atoms with Gasteiger partial charge in [0.05, 0.1) is 0 Å². The molecule has 1 saturated carbocycles. The van der Waals surface area contributed by atoms with Crippen molar-refractivity contribution >= 4 is 0 Å². The van der Waals surface area contributed by atoms with E-state index >= 15 is 0 Å². The molecule has 1 aliphatic rings. The number of hydrogen-bond acceptors (Lipinski definition) is 1. The first-order chi connectivity index (χ1) is 8.75. The first-order valence-corrected chi connectivity index (χ1v) is 7.24. The SMILES string of the molecule is CC(NCCCC1CCCC1)c1cccc(F)c1. The summed E-state index contributed by atoms with van der Waals surface area (Å²) in [6, 6.07) is 7.12. The summed E-state index contributed by atoms with van der Waals surface area (Å²) < 4.78 is 13.1. The third kappa shape index (κ3) is 4.09. The van der Waals surface area contributed by atoms with Gasteiger partial charge in [-0.3, -0.25) is 0 Å². The van der Waals surface area contributed by atoms with E-state index in [1.54, 1.807) is 12.1 Å². The Morgan fingerprint density at radius 3 is 2.83 bits per heavy atom. The Hall–Kier alpha value is -0.890. The van der Waals surface area contributed by atoms with E-state index in [9.17, 15) is 4.39 Å². The lowest BCUT2D eigenvalue weighted by Gasteiger charge is -2.15. The van der Waals surface area contributed by atoms with Crippen LogP contribution in [0.25, 0.3) is 0 Å². The molecule has 0 amide bonds. The van der Waals surface area contributed by atoms with Gasteiger partial charge in [-0.15, -0.1) is 0 Å². The fourth-order valence-corrected chi connectivity index (χ4v) is 2.90. The highest BCUT2D eigenvalue weighted by Gasteiger charge is 2.14. The van der Waals surface area contributed by atoms with Gasteiger partial charge in [-0.25, -0.2) is 4.39 Å². The molecule has 1 nitrogen and oxygen atoms in total. The predicted octanol–water partition coefficient (Wildman–Crippen LogP) is 4.45. The molecule has 1 aromatic rings. The Bertz CT molecular complexity index is 358. The summed E-state index contributed by atoms with van der Waals surface area (Å²) in [5, 5.41) is 3.48. The normalized spacial score (nSPS) is 18.1. The van der Waals surface area contributed by atoms with E-state index in [-0.39, 0.29) is 11.9 Å². The van der Waals surface area contributed by atoms with Gasteiger partial charge in [0, 0.05) is 6.04 Å². The van der Waals surface area contributed by atoms with Crippen LogP contribution in [0.4, 0.5) is 4.39 Å². The molecule has 1 aromatic carbocycles. The van der Waals surface area contributed by atoms with Gasteiger partial charge >= 0.3 is 0 Å². The van der Waals surface area contributed by atoms with Crippen LogP contribution in [-0.2, 0) is 0 Å². The quantitative estimate of drug-likeness (QED) is 0.735. The lowest BCUT2D eigenvalue weighted by atomic mass is 10.0. The summed E-state index contributed by atoms with van der Waals surface area (Å²) in [7, 11) is 0. The second-order valence-corrected chi connectivity index (χ2v) is 5.52. The molecule has 0 bridgehead atoms. The minimum absolute atomic E-state index is 0.146. The molecule has 1 N–H and O–H groups in total. The van der Waals surface area contributed by atoms with Crippen molar-refractivity contribution in [3.63, 3.8) is 0 Å². The lowest BCUT2D eigenvalue weighted by Crippen LogP contribution is -2.20. The van der Waals surface area contributed by atoms with Crippen molar-refractivity contribution in [2.75, 3.05) is 6.54 Å². The van der Waals surface area contributed by atoms with Crippen LogP contribution in [0.3, 0.4) is 0 Å². The lowest BCUT2D eigenvalue weighted by molar-refractivity contribution is 0.456. The number of rotatable bonds is 6. The van der Waals surface area contributed by atoms with Crippen LogP contribution in [0.1, 0.15) is 57.1 Å². The van der Waals surface area contributed by atoms with Crippen LogP contribution in [0.2, 0.25) is 0 Å². The molecule has 2 heteroatoms. The second-order valence-electron chi connectivity index (χ2n) is 5.52. The minimum Gasteiger partial charge on any atom is -0.310 e. The van der Waals surface area contributed by atoms with E-state index in [0.717, 1.165) is 18.0 Å². The summed E-state index contributed by atoms with van der Waals surface area (Å²) in [6.07, 6.45) is 8.31. The molecule has 1 fully saturated rings. The van der Waals surface area contributed by atoms with Crippen LogP contribution in [-0.4, -0.2) is 6.54 Å². The highest BCUT2D eigenvalue weighted by molar-refractivity contribution is 5.19. The molecule has 0 spiro atoms. The summed E-state index contributed by atoms with van der Waals surface area (Å²) >= 11 is 0. The van der Waals surface area contributed by atoms with E-state index in [1.165, 1.54) is 44.6 Å². The van der Waals surface area contributed by atoms with Gasteiger partial charge in [-0.2, -0.15) is 0 Å². The van der Waals surface area contributed by atoms with Crippen molar-refractivity contribution in [3.8, 4) is 0 Å². The Kier molecular flexibility index (Phi) is 5.18. The van der Waals surface area contributed by atoms with Gasteiger partial charge in [-0.05, 0) is 49.9 Å². The van der Waals surface area contributed by atoms with E-state index in [1.807, 2.05) is 6.07 Å². The van der Waals surface area contributed by atoms with Crippen molar-refractivity contribution in [3.05, 3.63) is 35.6 Å². The fraction of sp³-hybridized carbons (Fsp3) is 0.625. The summed E-state index contributed by atoms with van der Waals surface area (Å²) in [6.45, 7) is 3.14. The summed E-state index contributed by atoms with van der Waals surface area (Å²) in [5.74, 6) is 0.823. The van der Waals surface area contributed by atoms with Crippen molar-refractivity contribution in [2.24, 2.45) is 5.92 Å². The van der Waals surface area contributed by atoms with Crippen molar-refractivity contribution in [1.29, 1.82) is 0 Å². The van der Waals surface area contributed by atoms with Crippen LogP contribution in [0, 0.1) is 11.7 Å². The van der Waals surface area contributed by atoms with Gasteiger partial charge < -0.3 is 5.32 Å². The molecule has 1 aliphatic carbocycles. The molecular weight excluding hydrogens is 225 g/mol. The maximum Gasteiger partial charge on any atom is 0.123 e. The highest BCUT2D eigenvalue weighted by Crippen LogP contribution is 2.28. The van der Waals surface area contributed by atoms with Crippen LogP contribution in [0.5, 0.6) is 0 Å². The molecule has 1 unspecified atom stereocenters. The smallest absolute Gasteiger partial charge is 0.123 e. The van der Waals surface area contributed by atoms with E-state index < -0.39 is 0 Å². The molecule has 0 radical (unpaired) electrons. The highest BCUT2D eigenvalue weighted by atomic mass is 19.1. The summed E-state index contributed by atoms with van der Waals surface area (Å²) in [4.78, 5) is 0. The first-order valence-electron chi connectivity index (χ1n) is 7.24. The third-order valence-electron chi connectivity index (χ3n) is 4.06. The van der Waals surface area contributed by atoms with Crippen molar-refractivity contribution in [1.82, 2.24) is 5.32 Å².